The second-order valence-electron chi connectivity index (χ2n) is 5.46. The molecule has 1 aromatic heterocycles. The summed E-state index contributed by atoms with van der Waals surface area (Å²) in [5.41, 5.74) is 0.324. The zero-order chi connectivity index (χ0) is 18.8. The molecule has 0 bridgehead atoms. The summed E-state index contributed by atoms with van der Waals surface area (Å²) < 4.78 is 1.24. The molecule has 7 nitrogen and oxygen atoms in total. The Kier molecular flexibility index (Phi) is 4.92. The molecule has 132 valence electrons. The van der Waals surface area contributed by atoms with E-state index in [4.69, 9.17) is 23.2 Å². The van der Waals surface area contributed by atoms with E-state index in [2.05, 4.69) is 5.32 Å². The van der Waals surface area contributed by atoms with Crippen LogP contribution < -0.4 is 10.9 Å². The molecule has 2 aromatic carbocycles. The molecule has 1 N–H and O–H groups in total. The topological polar surface area (TPSA) is 94.2 Å². The van der Waals surface area contributed by atoms with Crippen LogP contribution in [0.5, 0.6) is 0 Å². The fraction of sp³-hybridized carbons (Fsp3) is 0.0588. The molecule has 0 aliphatic rings. The minimum atomic E-state index is -0.523. The molecule has 0 fully saturated rings. The first-order chi connectivity index (χ1) is 12.3. The van der Waals surface area contributed by atoms with Crippen LogP contribution in [0.1, 0.15) is 0 Å². The first-order valence-electron chi connectivity index (χ1n) is 7.37. The fourth-order valence-corrected chi connectivity index (χ4v) is 3.06. The number of hydrogen-bond donors (Lipinski definition) is 1. The maximum Gasteiger partial charge on any atom is 0.270 e. The molecular weight excluding hydrogens is 381 g/mol. The van der Waals surface area contributed by atoms with E-state index < -0.39 is 16.4 Å². The second kappa shape index (κ2) is 7.15. The summed E-state index contributed by atoms with van der Waals surface area (Å²) in [5, 5.41) is 14.7. The van der Waals surface area contributed by atoms with Crippen molar-refractivity contribution in [3.63, 3.8) is 0 Å². The summed E-state index contributed by atoms with van der Waals surface area (Å²) in [4.78, 5) is 34.8. The second-order valence-corrected chi connectivity index (χ2v) is 6.34. The van der Waals surface area contributed by atoms with Crippen LogP contribution >= 0.6 is 23.2 Å². The van der Waals surface area contributed by atoms with E-state index in [1.165, 1.54) is 53.1 Å². The van der Waals surface area contributed by atoms with Crippen molar-refractivity contribution in [1.29, 1.82) is 0 Å². The van der Waals surface area contributed by atoms with Crippen molar-refractivity contribution in [2.24, 2.45) is 0 Å². The maximum atomic E-state index is 12.3. The van der Waals surface area contributed by atoms with Gasteiger partial charge in [-0.05, 0) is 30.3 Å². The number of rotatable bonds is 4. The van der Waals surface area contributed by atoms with Gasteiger partial charge >= 0.3 is 0 Å². The van der Waals surface area contributed by atoms with Crippen LogP contribution in [0.2, 0.25) is 10.0 Å². The van der Waals surface area contributed by atoms with Crippen molar-refractivity contribution in [3.8, 4) is 0 Å². The summed E-state index contributed by atoms with van der Waals surface area (Å²) >= 11 is 11.8. The minimum absolute atomic E-state index is 0.0966. The predicted molar refractivity (Wildman–Crippen MR) is 100.0 cm³/mol. The average Bonchev–Trinajstić information content (AvgIpc) is 2.56. The third-order valence-corrected chi connectivity index (χ3v) is 4.07. The van der Waals surface area contributed by atoms with E-state index in [-0.39, 0.29) is 12.2 Å². The van der Waals surface area contributed by atoms with Gasteiger partial charge in [0.1, 0.15) is 6.54 Å². The Bertz CT molecular complexity index is 1070. The highest BCUT2D eigenvalue weighted by molar-refractivity contribution is 6.35. The van der Waals surface area contributed by atoms with Crippen molar-refractivity contribution in [2.75, 3.05) is 5.32 Å². The SMILES string of the molecule is O=C(Cn1c(=O)ccc2cc([N+](=O)[O-])ccc21)Nc1cc(Cl)cc(Cl)c1. The molecule has 1 amide bonds. The highest BCUT2D eigenvalue weighted by atomic mass is 35.5. The Morgan fingerprint density at radius 1 is 1.08 bits per heavy atom. The average molecular weight is 392 g/mol. The number of nitro benzene ring substituents is 1. The van der Waals surface area contributed by atoms with E-state index >= 15 is 0 Å². The summed E-state index contributed by atoms with van der Waals surface area (Å²) in [5.74, 6) is -0.462. The number of fused-ring (bicyclic) bond motifs is 1. The molecule has 1 heterocycles. The van der Waals surface area contributed by atoms with Gasteiger partial charge in [-0.3, -0.25) is 24.3 Å². The number of pyridine rings is 1. The van der Waals surface area contributed by atoms with Crippen LogP contribution in [0, 0.1) is 10.1 Å². The Morgan fingerprint density at radius 3 is 2.42 bits per heavy atom. The Balaban J connectivity index is 1.92. The van der Waals surface area contributed by atoms with E-state index in [1.54, 1.807) is 0 Å². The van der Waals surface area contributed by atoms with E-state index in [0.29, 0.717) is 26.6 Å². The first-order valence-corrected chi connectivity index (χ1v) is 8.13. The Hall–Kier alpha value is -2.90. The third kappa shape index (κ3) is 3.84. The Labute approximate surface area is 156 Å². The molecular formula is C17H11Cl2N3O4. The number of halogens is 2. The lowest BCUT2D eigenvalue weighted by atomic mass is 10.2. The van der Waals surface area contributed by atoms with Gasteiger partial charge in [-0.15, -0.1) is 0 Å². The van der Waals surface area contributed by atoms with Gasteiger partial charge in [0.05, 0.1) is 10.4 Å². The molecule has 0 aliphatic carbocycles. The lowest BCUT2D eigenvalue weighted by Crippen LogP contribution is -2.27. The molecule has 0 aliphatic heterocycles. The van der Waals surface area contributed by atoms with Gasteiger partial charge in [0.25, 0.3) is 11.2 Å². The van der Waals surface area contributed by atoms with Gasteiger partial charge in [0.2, 0.25) is 5.91 Å². The Morgan fingerprint density at radius 2 is 1.77 bits per heavy atom. The van der Waals surface area contributed by atoms with E-state index in [1.807, 2.05) is 0 Å². The lowest BCUT2D eigenvalue weighted by Gasteiger charge is -2.11. The van der Waals surface area contributed by atoms with Crippen LogP contribution in [-0.2, 0) is 11.3 Å². The molecule has 0 atom stereocenters. The minimum Gasteiger partial charge on any atom is -0.324 e. The van der Waals surface area contributed by atoms with Crippen molar-refractivity contribution < 1.29 is 9.72 Å². The number of aromatic nitrogens is 1. The molecule has 0 radical (unpaired) electrons. The monoisotopic (exact) mass is 391 g/mol. The fourth-order valence-electron chi connectivity index (χ4n) is 2.54. The number of nitro groups is 1. The van der Waals surface area contributed by atoms with Gasteiger partial charge < -0.3 is 5.32 Å². The number of amides is 1. The van der Waals surface area contributed by atoms with Crippen LogP contribution in [0.3, 0.4) is 0 Å². The summed E-state index contributed by atoms with van der Waals surface area (Å²) in [6.07, 6.45) is 0. The predicted octanol–water partition coefficient (Wildman–Crippen LogP) is 3.86. The zero-order valence-corrected chi connectivity index (χ0v) is 14.6. The van der Waals surface area contributed by atoms with Gasteiger partial charge in [-0.25, -0.2) is 0 Å². The summed E-state index contributed by atoms with van der Waals surface area (Å²) in [7, 11) is 0. The number of nitrogens with zero attached hydrogens (tertiary/aromatic N) is 2. The largest absolute Gasteiger partial charge is 0.324 e. The summed E-state index contributed by atoms with van der Waals surface area (Å²) in [6, 6.07) is 11.4. The lowest BCUT2D eigenvalue weighted by molar-refractivity contribution is -0.384. The van der Waals surface area contributed by atoms with Crippen LogP contribution in [0.25, 0.3) is 10.9 Å². The zero-order valence-electron chi connectivity index (χ0n) is 13.1. The van der Waals surface area contributed by atoms with E-state index in [9.17, 15) is 19.7 Å². The number of anilines is 1. The van der Waals surface area contributed by atoms with Crippen molar-refractivity contribution in [2.45, 2.75) is 6.54 Å². The summed E-state index contributed by atoms with van der Waals surface area (Å²) in [6.45, 7) is -0.266. The highest BCUT2D eigenvalue weighted by Crippen LogP contribution is 2.23. The van der Waals surface area contributed by atoms with Gasteiger partial charge in [-0.2, -0.15) is 0 Å². The normalized spacial score (nSPS) is 10.7. The van der Waals surface area contributed by atoms with Gasteiger partial charge in [0, 0.05) is 39.3 Å². The van der Waals surface area contributed by atoms with Crippen LogP contribution in [0.15, 0.2) is 53.3 Å². The van der Waals surface area contributed by atoms with E-state index in [0.717, 1.165) is 0 Å². The maximum absolute atomic E-state index is 12.3. The number of nitrogens with one attached hydrogen (secondary N) is 1. The molecule has 26 heavy (non-hydrogen) atoms. The standard InChI is InChI=1S/C17H11Cl2N3O4/c18-11-6-12(19)8-13(7-11)20-16(23)9-21-15-3-2-14(22(25)26)5-10(15)1-4-17(21)24/h1-8H,9H2,(H,20,23). The van der Waals surface area contributed by atoms with Gasteiger partial charge in [0.15, 0.2) is 0 Å². The molecule has 3 rings (SSSR count). The molecule has 0 saturated heterocycles. The van der Waals surface area contributed by atoms with Crippen LogP contribution in [0.4, 0.5) is 11.4 Å². The molecule has 0 spiro atoms. The molecule has 9 heteroatoms. The molecule has 3 aromatic rings. The number of non-ortho nitro benzene ring substituents is 1. The molecule has 0 saturated carbocycles. The first kappa shape index (κ1) is 17.9. The smallest absolute Gasteiger partial charge is 0.270 e. The molecule has 0 unspecified atom stereocenters. The van der Waals surface area contributed by atoms with Crippen molar-refractivity contribution in [3.05, 3.63) is 79.0 Å². The van der Waals surface area contributed by atoms with Gasteiger partial charge in [-0.1, -0.05) is 23.2 Å². The number of benzene rings is 2. The highest BCUT2D eigenvalue weighted by Gasteiger charge is 2.12. The van der Waals surface area contributed by atoms with Crippen molar-refractivity contribution in [1.82, 2.24) is 4.57 Å². The van der Waals surface area contributed by atoms with Crippen LogP contribution in [-0.4, -0.2) is 15.4 Å². The number of carbonyl (C=O) groups is 1. The third-order valence-electron chi connectivity index (χ3n) is 3.63. The quantitative estimate of drug-likeness (QED) is 0.539. The van der Waals surface area contributed by atoms with Crippen molar-refractivity contribution >= 4 is 51.4 Å². The number of hydrogen-bond acceptors (Lipinski definition) is 4. The number of carbonyl (C=O) groups excluding carboxylic acids is 1.